The number of piperazine rings is 1. The van der Waals surface area contributed by atoms with Gasteiger partial charge in [-0.1, -0.05) is 0 Å². The molecule has 0 aromatic heterocycles. The van der Waals surface area contributed by atoms with Crippen molar-refractivity contribution in [1.29, 1.82) is 0 Å². The Morgan fingerprint density at radius 1 is 0.625 bits per heavy atom. The van der Waals surface area contributed by atoms with Crippen LogP contribution in [0.5, 0.6) is 23.0 Å². The average molecular weight is 559 g/mol. The molecule has 1 fully saturated rings. The number of Topliss-reactive ketones (excluding diaryl/α,β-unsaturated/α-hetero) is 2. The highest BCUT2D eigenvalue weighted by molar-refractivity contribution is 5.95. The van der Waals surface area contributed by atoms with Crippen LogP contribution in [0.1, 0.15) is 48.4 Å². The van der Waals surface area contributed by atoms with Gasteiger partial charge in [0.25, 0.3) is 0 Å². The largest absolute Gasteiger partial charge is 0.493 e. The predicted molar refractivity (Wildman–Crippen MR) is 142 cm³/mol. The van der Waals surface area contributed by atoms with Crippen molar-refractivity contribution in [2.45, 2.75) is 40.3 Å². The Bertz CT molecular complexity index is 1140. The number of benzene rings is 2. The van der Waals surface area contributed by atoms with Crippen LogP contribution in [0, 0.1) is 0 Å². The minimum atomic E-state index is -0.938. The Labute approximate surface area is 232 Å². The van der Waals surface area contributed by atoms with E-state index in [0.717, 1.165) is 0 Å². The summed E-state index contributed by atoms with van der Waals surface area (Å²) in [5.41, 5.74) is 0.934. The van der Waals surface area contributed by atoms with Crippen LogP contribution in [-0.4, -0.2) is 86.5 Å². The second-order valence-electron chi connectivity index (χ2n) is 8.96. The molecule has 216 valence electrons. The maximum absolute atomic E-state index is 12.6. The zero-order valence-electron chi connectivity index (χ0n) is 23.4. The standard InChI is InChI=1S/C28H34N2O10/c1-17(31)21-7-9-23(25(15-21)35-5)37-19(3)39-27(33)29-11-13-30(14-12-29)28(34)40-20(4)38-24-10-8-22(18(2)32)16-26(24)36-6/h7-10,15-16,19-20H,11-14H2,1-6H3/t19-,20-/m1/s1. The summed E-state index contributed by atoms with van der Waals surface area (Å²) in [6.45, 7) is 6.94. The second-order valence-corrected chi connectivity index (χ2v) is 8.96. The normalized spacial score (nSPS) is 14.4. The number of hydrogen-bond acceptors (Lipinski definition) is 10. The number of hydrogen-bond donors (Lipinski definition) is 0. The molecule has 1 saturated heterocycles. The monoisotopic (exact) mass is 558 g/mol. The molecule has 1 aliphatic rings. The fourth-order valence-electron chi connectivity index (χ4n) is 3.88. The summed E-state index contributed by atoms with van der Waals surface area (Å²) in [5, 5.41) is 0. The molecule has 1 aliphatic heterocycles. The van der Waals surface area contributed by atoms with E-state index in [9.17, 15) is 19.2 Å². The number of nitrogens with zero attached hydrogens (tertiary/aromatic N) is 2. The maximum Gasteiger partial charge on any atom is 0.412 e. The molecule has 0 unspecified atom stereocenters. The number of carbonyl (C=O) groups excluding carboxylic acids is 4. The van der Waals surface area contributed by atoms with E-state index >= 15 is 0 Å². The lowest BCUT2D eigenvalue weighted by molar-refractivity contribution is -0.0488. The van der Waals surface area contributed by atoms with Gasteiger partial charge in [0.05, 0.1) is 14.2 Å². The van der Waals surface area contributed by atoms with Crippen LogP contribution < -0.4 is 18.9 Å². The highest BCUT2D eigenvalue weighted by atomic mass is 16.7. The van der Waals surface area contributed by atoms with Crippen molar-refractivity contribution in [3.8, 4) is 23.0 Å². The maximum atomic E-state index is 12.6. The molecule has 0 N–H and O–H groups in total. The molecule has 1 heterocycles. The molecular weight excluding hydrogens is 524 g/mol. The quantitative estimate of drug-likeness (QED) is 0.310. The van der Waals surface area contributed by atoms with E-state index in [2.05, 4.69) is 0 Å². The second kappa shape index (κ2) is 13.5. The van der Waals surface area contributed by atoms with Crippen molar-refractivity contribution < 1.29 is 47.6 Å². The van der Waals surface area contributed by atoms with E-state index in [1.54, 1.807) is 50.2 Å². The summed E-state index contributed by atoms with van der Waals surface area (Å²) in [6.07, 6.45) is -3.07. The van der Waals surface area contributed by atoms with Gasteiger partial charge in [-0.15, -0.1) is 0 Å². The van der Waals surface area contributed by atoms with Crippen molar-refractivity contribution in [1.82, 2.24) is 9.80 Å². The number of ketones is 2. The van der Waals surface area contributed by atoms with Gasteiger partial charge < -0.3 is 38.2 Å². The molecule has 0 radical (unpaired) electrons. The lowest BCUT2D eigenvalue weighted by Gasteiger charge is -2.34. The summed E-state index contributed by atoms with van der Waals surface area (Å²) in [7, 11) is 2.90. The number of amides is 2. The van der Waals surface area contributed by atoms with Gasteiger partial charge >= 0.3 is 12.2 Å². The van der Waals surface area contributed by atoms with Crippen LogP contribution in [-0.2, 0) is 9.47 Å². The Balaban J connectivity index is 1.47. The fourth-order valence-corrected chi connectivity index (χ4v) is 3.88. The van der Waals surface area contributed by atoms with Crippen LogP contribution >= 0.6 is 0 Å². The molecule has 0 spiro atoms. The van der Waals surface area contributed by atoms with Gasteiger partial charge in [-0.2, -0.15) is 0 Å². The number of rotatable bonds is 10. The predicted octanol–water partition coefficient (Wildman–Crippen LogP) is 4.15. The first-order valence-corrected chi connectivity index (χ1v) is 12.6. The molecule has 0 aliphatic carbocycles. The van der Waals surface area contributed by atoms with Gasteiger partial charge in [0.1, 0.15) is 0 Å². The Hall–Kier alpha value is -4.48. The van der Waals surface area contributed by atoms with E-state index in [1.807, 2.05) is 0 Å². The third kappa shape index (κ3) is 7.78. The summed E-state index contributed by atoms with van der Waals surface area (Å²) < 4.78 is 32.7. The van der Waals surface area contributed by atoms with Gasteiger partial charge in [0.15, 0.2) is 34.6 Å². The van der Waals surface area contributed by atoms with Crippen LogP contribution in [0.15, 0.2) is 36.4 Å². The van der Waals surface area contributed by atoms with E-state index in [0.29, 0.717) is 34.1 Å². The van der Waals surface area contributed by atoms with Crippen LogP contribution in [0.2, 0.25) is 0 Å². The Morgan fingerprint density at radius 2 is 0.975 bits per heavy atom. The van der Waals surface area contributed by atoms with Crippen LogP contribution in [0.25, 0.3) is 0 Å². The Morgan fingerprint density at radius 3 is 1.27 bits per heavy atom. The van der Waals surface area contributed by atoms with Crippen LogP contribution in [0.3, 0.4) is 0 Å². The Kier molecular flexibility index (Phi) is 10.2. The molecule has 12 heteroatoms. The minimum absolute atomic E-state index is 0.116. The molecule has 0 saturated carbocycles. The zero-order valence-corrected chi connectivity index (χ0v) is 23.4. The van der Waals surface area contributed by atoms with Crippen molar-refractivity contribution >= 4 is 23.8 Å². The lowest BCUT2D eigenvalue weighted by Crippen LogP contribution is -2.51. The van der Waals surface area contributed by atoms with Gasteiger partial charge in [0, 0.05) is 51.2 Å². The molecule has 40 heavy (non-hydrogen) atoms. The fraction of sp³-hybridized carbons (Fsp3) is 0.429. The first kappa shape index (κ1) is 30.1. The molecule has 2 aromatic rings. The molecule has 3 rings (SSSR count). The summed E-state index contributed by atoms with van der Waals surface area (Å²) in [6, 6.07) is 9.45. The van der Waals surface area contributed by atoms with E-state index in [4.69, 9.17) is 28.4 Å². The van der Waals surface area contributed by atoms with Crippen molar-refractivity contribution in [2.75, 3.05) is 40.4 Å². The first-order chi connectivity index (χ1) is 19.0. The number of ether oxygens (including phenoxy) is 6. The van der Waals surface area contributed by atoms with Gasteiger partial charge in [-0.25, -0.2) is 9.59 Å². The van der Waals surface area contributed by atoms with Gasteiger partial charge in [0.2, 0.25) is 12.6 Å². The molecular formula is C28H34N2O10. The third-order valence-electron chi connectivity index (χ3n) is 6.06. The summed E-state index contributed by atoms with van der Waals surface area (Å²) >= 11 is 0. The van der Waals surface area contributed by atoms with E-state index in [1.165, 1.54) is 37.9 Å². The molecule has 2 aromatic carbocycles. The smallest absolute Gasteiger partial charge is 0.412 e. The van der Waals surface area contributed by atoms with Gasteiger partial charge in [-0.05, 0) is 50.2 Å². The topological polar surface area (TPSA) is 130 Å². The SMILES string of the molecule is COc1cc(C(C)=O)ccc1O[C@@H](C)OC(=O)N1CCN(C(=O)O[C@H](C)Oc2ccc(C(C)=O)cc2OC)CC1. The minimum Gasteiger partial charge on any atom is -0.493 e. The molecule has 0 bridgehead atoms. The highest BCUT2D eigenvalue weighted by Crippen LogP contribution is 2.30. The van der Waals surface area contributed by atoms with Crippen molar-refractivity contribution in [3.05, 3.63) is 47.5 Å². The van der Waals surface area contributed by atoms with Gasteiger partial charge in [-0.3, -0.25) is 9.59 Å². The lowest BCUT2D eigenvalue weighted by atomic mass is 10.1. The number of methoxy groups -OCH3 is 2. The van der Waals surface area contributed by atoms with Crippen molar-refractivity contribution in [3.63, 3.8) is 0 Å². The van der Waals surface area contributed by atoms with E-state index in [-0.39, 0.29) is 37.7 Å². The number of carbonyl (C=O) groups is 4. The van der Waals surface area contributed by atoms with Crippen molar-refractivity contribution in [2.24, 2.45) is 0 Å². The molecule has 2 atom stereocenters. The first-order valence-electron chi connectivity index (χ1n) is 12.6. The average Bonchev–Trinajstić information content (AvgIpc) is 2.93. The third-order valence-corrected chi connectivity index (χ3v) is 6.06. The summed E-state index contributed by atoms with van der Waals surface area (Å²) in [4.78, 5) is 51.4. The zero-order chi connectivity index (χ0) is 29.4. The van der Waals surface area contributed by atoms with E-state index < -0.39 is 24.8 Å². The molecule has 2 amide bonds. The molecule has 12 nitrogen and oxygen atoms in total. The van der Waals surface area contributed by atoms with Crippen LogP contribution in [0.4, 0.5) is 9.59 Å². The summed E-state index contributed by atoms with van der Waals surface area (Å²) in [5.74, 6) is 1.10. The highest BCUT2D eigenvalue weighted by Gasteiger charge is 2.28.